The number of hydroxylamine groups is 1. The summed E-state index contributed by atoms with van der Waals surface area (Å²) in [6.07, 6.45) is 5.79. The molecule has 0 aromatic rings. The Kier molecular flexibility index (Phi) is 4.49. The molecule has 1 unspecified atom stereocenters. The molecule has 1 atom stereocenters. The highest BCUT2D eigenvalue weighted by molar-refractivity contribution is 5.86. The van der Waals surface area contributed by atoms with Crippen LogP contribution in [0.1, 0.15) is 26.2 Å². The molecule has 1 N–H and O–H groups in total. The van der Waals surface area contributed by atoms with Gasteiger partial charge >= 0.3 is 0 Å². The summed E-state index contributed by atoms with van der Waals surface area (Å²) in [5.41, 5.74) is 2.30. The van der Waals surface area contributed by atoms with E-state index >= 15 is 0 Å². The Morgan fingerprint density at radius 1 is 1.62 bits per heavy atom. The van der Waals surface area contributed by atoms with Crippen molar-refractivity contribution in [2.24, 2.45) is 0 Å². The summed E-state index contributed by atoms with van der Waals surface area (Å²) in [4.78, 5) is 15.9. The predicted molar refractivity (Wildman–Crippen MR) is 47.6 cm³/mol. The number of allylic oxidation sites excluding steroid dienone is 1. The Morgan fingerprint density at radius 2 is 2.46 bits per heavy atom. The van der Waals surface area contributed by atoms with Gasteiger partial charge in [0.1, 0.15) is 0 Å². The summed E-state index contributed by atoms with van der Waals surface area (Å²) in [6.45, 7) is 2.49. The lowest BCUT2D eigenvalue weighted by atomic mass is 10.2. The minimum atomic E-state index is -0.275. The highest BCUT2D eigenvalue weighted by Crippen LogP contribution is 2.12. The van der Waals surface area contributed by atoms with Crippen LogP contribution in [-0.4, -0.2) is 18.8 Å². The van der Waals surface area contributed by atoms with E-state index in [-0.39, 0.29) is 12.2 Å². The largest absolute Gasteiger partial charge is 0.350 e. The summed E-state index contributed by atoms with van der Waals surface area (Å²) >= 11 is 0. The molecule has 0 aromatic heterocycles. The van der Waals surface area contributed by atoms with Crippen LogP contribution in [-0.2, 0) is 14.4 Å². The minimum Gasteiger partial charge on any atom is -0.350 e. The van der Waals surface area contributed by atoms with Crippen molar-refractivity contribution in [1.29, 1.82) is 0 Å². The van der Waals surface area contributed by atoms with E-state index in [0.29, 0.717) is 6.61 Å². The minimum absolute atomic E-state index is 0.253. The van der Waals surface area contributed by atoms with E-state index in [0.717, 1.165) is 19.3 Å². The van der Waals surface area contributed by atoms with Gasteiger partial charge in [-0.2, -0.15) is 0 Å². The van der Waals surface area contributed by atoms with E-state index in [1.807, 2.05) is 0 Å². The molecule has 1 amide bonds. The summed E-state index contributed by atoms with van der Waals surface area (Å²) in [5, 5.41) is 0. The maximum atomic E-state index is 10.9. The molecule has 4 nitrogen and oxygen atoms in total. The fourth-order valence-electron chi connectivity index (χ4n) is 1.11. The Bertz CT molecular complexity index is 185. The normalized spacial score (nSPS) is 23.3. The van der Waals surface area contributed by atoms with Crippen LogP contribution < -0.4 is 5.48 Å². The second kappa shape index (κ2) is 5.72. The van der Waals surface area contributed by atoms with Crippen LogP contribution in [0.15, 0.2) is 12.2 Å². The lowest BCUT2D eigenvalue weighted by Crippen LogP contribution is -2.32. The molecular weight excluding hydrogens is 170 g/mol. The zero-order valence-electron chi connectivity index (χ0n) is 7.79. The van der Waals surface area contributed by atoms with Crippen LogP contribution in [0.5, 0.6) is 0 Å². The zero-order chi connectivity index (χ0) is 9.52. The van der Waals surface area contributed by atoms with Crippen molar-refractivity contribution >= 4 is 5.91 Å². The lowest BCUT2D eigenvalue weighted by Gasteiger charge is -2.21. The first kappa shape index (κ1) is 10.2. The molecule has 0 bridgehead atoms. The first-order valence-electron chi connectivity index (χ1n) is 4.53. The number of nitrogens with one attached hydrogen (secondary N) is 1. The fraction of sp³-hybridized carbons (Fsp3) is 0.667. The average Bonchev–Trinajstić information content (AvgIpc) is 2.17. The molecule has 74 valence electrons. The molecule has 1 aliphatic heterocycles. The second-order valence-corrected chi connectivity index (χ2v) is 2.88. The molecule has 1 aliphatic rings. The van der Waals surface area contributed by atoms with Crippen molar-refractivity contribution < 1.29 is 14.4 Å². The maximum absolute atomic E-state index is 10.9. The number of hydrogen-bond donors (Lipinski definition) is 1. The number of hydrogen-bond acceptors (Lipinski definition) is 3. The smallest absolute Gasteiger partial charge is 0.267 e. The Morgan fingerprint density at radius 3 is 3.08 bits per heavy atom. The number of ether oxygens (including phenoxy) is 1. The summed E-state index contributed by atoms with van der Waals surface area (Å²) in [7, 11) is 0. The molecule has 0 aromatic carbocycles. The van der Waals surface area contributed by atoms with Gasteiger partial charge in [-0.1, -0.05) is 6.08 Å². The van der Waals surface area contributed by atoms with Crippen LogP contribution >= 0.6 is 0 Å². The van der Waals surface area contributed by atoms with Crippen molar-refractivity contribution in [3.05, 3.63) is 12.2 Å². The van der Waals surface area contributed by atoms with E-state index in [1.165, 1.54) is 6.08 Å². The average molecular weight is 185 g/mol. The van der Waals surface area contributed by atoms with Gasteiger partial charge in [0.25, 0.3) is 5.91 Å². The number of carbonyl (C=O) groups excluding carboxylic acids is 1. The zero-order valence-corrected chi connectivity index (χ0v) is 7.79. The van der Waals surface area contributed by atoms with Gasteiger partial charge in [-0.15, -0.1) is 0 Å². The summed E-state index contributed by atoms with van der Waals surface area (Å²) in [5.74, 6) is -0.253. The van der Waals surface area contributed by atoms with E-state index in [1.54, 1.807) is 13.0 Å². The van der Waals surface area contributed by atoms with Gasteiger partial charge < -0.3 is 4.74 Å². The van der Waals surface area contributed by atoms with Crippen LogP contribution in [0, 0.1) is 0 Å². The number of carbonyl (C=O) groups is 1. The molecule has 1 heterocycles. The maximum Gasteiger partial charge on any atom is 0.267 e. The Balaban J connectivity index is 2.13. The standard InChI is InChI=1S/C9H15NO3/c1-2-5-8(11)10-13-9-6-3-4-7-12-9/h2,5,9H,3-4,6-7H2,1H3,(H,10,11)/b5-2+. The molecule has 0 aliphatic carbocycles. The molecule has 0 spiro atoms. The highest BCUT2D eigenvalue weighted by atomic mass is 16.8. The summed E-state index contributed by atoms with van der Waals surface area (Å²) in [6, 6.07) is 0. The Hall–Kier alpha value is -0.870. The third-order valence-corrected chi connectivity index (χ3v) is 1.75. The quantitative estimate of drug-likeness (QED) is 0.529. The van der Waals surface area contributed by atoms with Crippen LogP contribution in [0.2, 0.25) is 0 Å². The Labute approximate surface area is 77.9 Å². The van der Waals surface area contributed by atoms with Gasteiger partial charge in [0.05, 0.1) is 0 Å². The van der Waals surface area contributed by atoms with Gasteiger partial charge in [-0.3, -0.25) is 4.79 Å². The first-order chi connectivity index (χ1) is 6.33. The molecule has 1 rings (SSSR count). The monoisotopic (exact) mass is 185 g/mol. The van der Waals surface area contributed by atoms with Crippen LogP contribution in [0.25, 0.3) is 0 Å². The van der Waals surface area contributed by atoms with E-state index in [9.17, 15) is 4.79 Å². The van der Waals surface area contributed by atoms with E-state index in [2.05, 4.69) is 5.48 Å². The molecule has 0 radical (unpaired) electrons. The van der Waals surface area contributed by atoms with Gasteiger partial charge in [0.2, 0.25) is 0 Å². The third kappa shape index (κ3) is 4.05. The molecule has 13 heavy (non-hydrogen) atoms. The van der Waals surface area contributed by atoms with Crippen molar-refractivity contribution in [2.75, 3.05) is 6.61 Å². The van der Waals surface area contributed by atoms with Gasteiger partial charge in [-0.25, -0.2) is 10.3 Å². The number of rotatable bonds is 3. The van der Waals surface area contributed by atoms with Crippen LogP contribution in [0.3, 0.4) is 0 Å². The second-order valence-electron chi connectivity index (χ2n) is 2.88. The lowest BCUT2D eigenvalue weighted by molar-refractivity contribution is -0.198. The number of amides is 1. The van der Waals surface area contributed by atoms with Gasteiger partial charge in [0.15, 0.2) is 6.29 Å². The van der Waals surface area contributed by atoms with E-state index in [4.69, 9.17) is 9.57 Å². The molecule has 4 heteroatoms. The van der Waals surface area contributed by atoms with Crippen LogP contribution in [0.4, 0.5) is 0 Å². The molecular formula is C9H15NO3. The molecule has 1 saturated heterocycles. The van der Waals surface area contributed by atoms with E-state index < -0.39 is 0 Å². The third-order valence-electron chi connectivity index (χ3n) is 1.75. The molecule has 0 saturated carbocycles. The topological polar surface area (TPSA) is 47.6 Å². The highest BCUT2D eigenvalue weighted by Gasteiger charge is 2.14. The van der Waals surface area contributed by atoms with Gasteiger partial charge in [-0.05, 0) is 19.8 Å². The van der Waals surface area contributed by atoms with Gasteiger partial charge in [0, 0.05) is 19.1 Å². The predicted octanol–water partition coefficient (Wildman–Crippen LogP) is 1.14. The summed E-state index contributed by atoms with van der Waals surface area (Å²) < 4.78 is 5.25. The van der Waals surface area contributed by atoms with Crippen molar-refractivity contribution in [3.63, 3.8) is 0 Å². The van der Waals surface area contributed by atoms with Crippen molar-refractivity contribution in [2.45, 2.75) is 32.5 Å². The SMILES string of the molecule is C/C=C/C(=O)NOC1CCCCO1. The first-order valence-corrected chi connectivity index (χ1v) is 4.53. The molecule has 1 fully saturated rings. The van der Waals surface area contributed by atoms with Crippen molar-refractivity contribution in [1.82, 2.24) is 5.48 Å². The fourth-order valence-corrected chi connectivity index (χ4v) is 1.11. The van der Waals surface area contributed by atoms with Crippen molar-refractivity contribution in [3.8, 4) is 0 Å².